The summed E-state index contributed by atoms with van der Waals surface area (Å²) in [6.07, 6.45) is 0. The number of halogens is 5. The summed E-state index contributed by atoms with van der Waals surface area (Å²) in [5.74, 6) is -0.518. The van der Waals surface area contributed by atoms with E-state index in [0.717, 1.165) is 0 Å². The van der Waals surface area contributed by atoms with Gasteiger partial charge in [-0.25, -0.2) is 4.57 Å². The average molecular weight is 366 g/mol. The number of phosphoric ester groups is 1. The minimum atomic E-state index is -3.91. The first-order valence-corrected chi connectivity index (χ1v) is 7.72. The van der Waals surface area contributed by atoms with Crippen LogP contribution in [0.4, 0.5) is 0 Å². The van der Waals surface area contributed by atoms with E-state index in [9.17, 15) is 4.57 Å². The molecule has 102 valence electrons. The van der Waals surface area contributed by atoms with Gasteiger partial charge in [-0.15, -0.1) is 0 Å². The van der Waals surface area contributed by atoms with Crippen LogP contribution in [0.25, 0.3) is 0 Å². The van der Waals surface area contributed by atoms with Gasteiger partial charge in [0.2, 0.25) is 0 Å². The molecule has 0 fully saturated rings. The molecule has 4 nitrogen and oxygen atoms in total. The van der Waals surface area contributed by atoms with Gasteiger partial charge in [0.15, 0.2) is 5.76 Å². The first-order valence-electron chi connectivity index (χ1n) is 4.37. The molecule has 0 aromatic rings. The normalized spacial score (nSPS) is 12.4. The second-order valence-electron chi connectivity index (χ2n) is 2.46. The highest BCUT2D eigenvalue weighted by Gasteiger charge is 2.39. The molecule has 0 heterocycles. The van der Waals surface area contributed by atoms with Gasteiger partial charge >= 0.3 is 7.82 Å². The van der Waals surface area contributed by atoms with Crippen LogP contribution in [-0.2, 0) is 18.1 Å². The Balaban J connectivity index is 5.10. The maximum absolute atomic E-state index is 12.0. The molecule has 0 aliphatic heterocycles. The zero-order valence-corrected chi connectivity index (χ0v) is 13.6. The smallest absolute Gasteiger partial charge is 0.401 e. The molecule has 0 rings (SSSR count). The lowest BCUT2D eigenvalue weighted by atomic mass is 10.6. The van der Waals surface area contributed by atoms with E-state index in [0.29, 0.717) is 0 Å². The topological polar surface area (TPSA) is 44.8 Å². The highest BCUT2D eigenvalue weighted by molar-refractivity contribution is 7.48. The second kappa shape index (κ2) is 7.66. The molecule has 0 N–H and O–H groups in total. The number of hydrogen-bond donors (Lipinski definition) is 0. The van der Waals surface area contributed by atoms with Gasteiger partial charge in [-0.3, -0.25) is 9.05 Å². The first-order chi connectivity index (χ1) is 7.66. The number of allylic oxidation sites excluding steroid dienone is 1. The summed E-state index contributed by atoms with van der Waals surface area (Å²) in [7, 11) is -3.91. The third kappa shape index (κ3) is 6.74. The molecule has 0 aliphatic rings. The lowest BCUT2D eigenvalue weighted by Crippen LogP contribution is -2.12. The SMILES string of the molecule is CCOP(=O)(OCC)OC(=C(Cl)Cl)C(Cl)(Cl)Cl. The van der Waals surface area contributed by atoms with Crippen molar-refractivity contribution in [3.05, 3.63) is 10.3 Å². The zero-order chi connectivity index (χ0) is 13.7. The van der Waals surface area contributed by atoms with Crippen LogP contribution in [0.2, 0.25) is 0 Å². The van der Waals surface area contributed by atoms with Gasteiger partial charge < -0.3 is 4.52 Å². The molecule has 0 atom stereocenters. The van der Waals surface area contributed by atoms with E-state index >= 15 is 0 Å². The van der Waals surface area contributed by atoms with Crippen molar-refractivity contribution in [3.63, 3.8) is 0 Å². The van der Waals surface area contributed by atoms with Crippen molar-refractivity contribution < 1.29 is 18.1 Å². The Morgan fingerprint density at radius 3 is 1.76 bits per heavy atom. The number of rotatable bonds is 6. The summed E-state index contributed by atoms with van der Waals surface area (Å²) in [5.41, 5.74) is 0. The van der Waals surface area contributed by atoms with Crippen LogP contribution >= 0.6 is 65.8 Å². The molecule has 0 aromatic carbocycles. The average Bonchev–Trinajstić information content (AvgIpc) is 2.13. The Morgan fingerprint density at radius 2 is 1.53 bits per heavy atom. The van der Waals surface area contributed by atoms with Crippen molar-refractivity contribution in [1.29, 1.82) is 0 Å². The third-order valence-electron chi connectivity index (χ3n) is 1.21. The maximum atomic E-state index is 12.0. The molecule has 0 saturated heterocycles. The molecule has 0 aliphatic carbocycles. The van der Waals surface area contributed by atoms with Crippen molar-refractivity contribution in [1.82, 2.24) is 0 Å². The van der Waals surface area contributed by atoms with Crippen molar-refractivity contribution in [2.24, 2.45) is 0 Å². The zero-order valence-electron chi connectivity index (χ0n) is 8.88. The first kappa shape index (κ1) is 18.1. The molecule has 0 amide bonds. The lowest BCUT2D eigenvalue weighted by Gasteiger charge is -2.22. The molecule has 10 heteroatoms. The van der Waals surface area contributed by atoms with Gasteiger partial charge in [-0.05, 0) is 13.8 Å². The van der Waals surface area contributed by atoms with Crippen LogP contribution in [-0.4, -0.2) is 17.0 Å². The summed E-state index contributed by atoms with van der Waals surface area (Å²) in [4.78, 5) is 0. The molecular weight excluding hydrogens is 356 g/mol. The Labute approximate surface area is 125 Å². The van der Waals surface area contributed by atoms with E-state index < -0.39 is 21.9 Å². The van der Waals surface area contributed by atoms with E-state index in [1.165, 1.54) is 0 Å². The predicted molar refractivity (Wildman–Crippen MR) is 71.0 cm³/mol. The van der Waals surface area contributed by atoms with Gasteiger partial charge in [0.05, 0.1) is 13.2 Å². The number of hydrogen-bond acceptors (Lipinski definition) is 4. The summed E-state index contributed by atoms with van der Waals surface area (Å²) >= 11 is 27.6. The van der Waals surface area contributed by atoms with Gasteiger partial charge in [0, 0.05) is 0 Å². The van der Waals surface area contributed by atoms with Crippen LogP contribution in [0.5, 0.6) is 0 Å². The predicted octanol–water partition coefficient (Wildman–Crippen LogP) is 5.20. The minimum Gasteiger partial charge on any atom is -0.401 e. The fourth-order valence-electron chi connectivity index (χ4n) is 0.711. The van der Waals surface area contributed by atoms with Crippen molar-refractivity contribution >= 4 is 65.8 Å². The Kier molecular flexibility index (Phi) is 8.18. The van der Waals surface area contributed by atoms with Crippen LogP contribution in [0.1, 0.15) is 13.8 Å². The fraction of sp³-hybridized carbons (Fsp3) is 0.714. The van der Waals surface area contributed by atoms with Gasteiger partial charge in [0.25, 0.3) is 3.79 Å². The lowest BCUT2D eigenvalue weighted by molar-refractivity contribution is 0.144. The summed E-state index contributed by atoms with van der Waals surface area (Å²) < 4.78 is 24.0. The van der Waals surface area contributed by atoms with E-state index in [4.69, 9.17) is 71.6 Å². The summed E-state index contributed by atoms with van der Waals surface area (Å²) in [6.45, 7) is 3.33. The van der Waals surface area contributed by atoms with Gasteiger partial charge in [-0.1, -0.05) is 58.0 Å². The third-order valence-corrected chi connectivity index (χ3v) is 3.62. The van der Waals surface area contributed by atoms with Crippen molar-refractivity contribution in [2.45, 2.75) is 17.6 Å². The standard InChI is InChI=1S/C7H10Cl5O4P/c1-3-14-17(13,15-4-2)16-5(6(8)9)7(10,11)12/h3-4H2,1-2H3. The molecule has 0 aromatic heterocycles. The van der Waals surface area contributed by atoms with Crippen LogP contribution in [0.15, 0.2) is 10.3 Å². The van der Waals surface area contributed by atoms with Crippen LogP contribution in [0.3, 0.4) is 0 Å². The van der Waals surface area contributed by atoms with E-state index in [1.54, 1.807) is 13.8 Å². The number of phosphoric acid groups is 1. The Bertz CT molecular complexity index is 313. The van der Waals surface area contributed by atoms with Crippen molar-refractivity contribution in [2.75, 3.05) is 13.2 Å². The fourth-order valence-corrected chi connectivity index (χ4v) is 3.29. The van der Waals surface area contributed by atoms with E-state index in [1.807, 2.05) is 0 Å². The summed E-state index contributed by atoms with van der Waals surface area (Å²) in [5, 5.41) is 0. The number of alkyl halides is 3. The van der Waals surface area contributed by atoms with Crippen molar-refractivity contribution in [3.8, 4) is 0 Å². The van der Waals surface area contributed by atoms with E-state index in [-0.39, 0.29) is 13.2 Å². The molecule has 0 unspecified atom stereocenters. The molecular formula is C7H10Cl5O4P. The second-order valence-corrected chi connectivity index (χ2v) is 7.29. The Hall–Kier alpha value is 1.14. The van der Waals surface area contributed by atoms with Gasteiger partial charge in [0.1, 0.15) is 4.49 Å². The minimum absolute atomic E-state index is 0.0737. The summed E-state index contributed by atoms with van der Waals surface area (Å²) in [6, 6.07) is 0. The highest BCUT2D eigenvalue weighted by Crippen LogP contribution is 2.55. The molecule has 17 heavy (non-hydrogen) atoms. The largest absolute Gasteiger partial charge is 0.529 e. The molecule has 0 bridgehead atoms. The Morgan fingerprint density at radius 1 is 1.12 bits per heavy atom. The monoisotopic (exact) mass is 364 g/mol. The quantitative estimate of drug-likeness (QED) is 0.368. The van der Waals surface area contributed by atoms with Gasteiger partial charge in [-0.2, -0.15) is 0 Å². The van der Waals surface area contributed by atoms with Crippen LogP contribution < -0.4 is 0 Å². The van der Waals surface area contributed by atoms with E-state index in [2.05, 4.69) is 0 Å². The molecule has 0 radical (unpaired) electrons. The van der Waals surface area contributed by atoms with Crippen LogP contribution in [0, 0.1) is 0 Å². The maximum Gasteiger partial charge on any atom is 0.529 e. The molecule has 0 saturated carbocycles. The highest BCUT2D eigenvalue weighted by atomic mass is 35.6. The molecule has 0 spiro atoms.